The van der Waals surface area contributed by atoms with Gasteiger partial charge in [-0.2, -0.15) is 18.3 Å². The van der Waals surface area contributed by atoms with Gasteiger partial charge in [-0.25, -0.2) is 14.4 Å². The molecular formula is C22H20ClF4N5O. The fourth-order valence-electron chi connectivity index (χ4n) is 3.98. The zero-order valence-corrected chi connectivity index (χ0v) is 18.6. The molecule has 0 aliphatic carbocycles. The number of aryl methyl sites for hydroxylation is 2. The fraction of sp³-hybridized carbons (Fsp3) is 0.364. The van der Waals surface area contributed by atoms with E-state index >= 15 is 0 Å². The second kappa shape index (κ2) is 8.74. The Hall–Kier alpha value is -3.01. The van der Waals surface area contributed by atoms with E-state index < -0.39 is 29.3 Å². The zero-order valence-electron chi connectivity index (χ0n) is 17.8. The number of carbonyl (C=O) groups excluding carboxylic acids is 1. The topological polar surface area (TPSA) is 63.9 Å². The van der Waals surface area contributed by atoms with Gasteiger partial charge in [0.2, 0.25) is 0 Å². The van der Waals surface area contributed by atoms with Crippen LogP contribution in [0.4, 0.5) is 17.6 Å². The first kappa shape index (κ1) is 23.2. The molecule has 3 aromatic rings. The van der Waals surface area contributed by atoms with Gasteiger partial charge in [-0.05, 0) is 38.5 Å². The van der Waals surface area contributed by atoms with E-state index in [1.807, 2.05) is 0 Å². The molecule has 174 valence electrons. The zero-order chi connectivity index (χ0) is 23.9. The maximum atomic E-state index is 13.3. The first-order valence-corrected chi connectivity index (χ1v) is 10.6. The van der Waals surface area contributed by atoms with Crippen LogP contribution in [0.3, 0.4) is 0 Å². The Bertz CT molecular complexity index is 1210. The number of hydrogen-bond donors (Lipinski definition) is 0. The van der Waals surface area contributed by atoms with Crippen molar-refractivity contribution in [2.45, 2.75) is 45.6 Å². The average Bonchev–Trinajstić information content (AvgIpc) is 3.21. The van der Waals surface area contributed by atoms with Crippen molar-refractivity contribution in [3.63, 3.8) is 0 Å². The molecule has 0 spiro atoms. The Labute approximate surface area is 192 Å². The first-order valence-electron chi connectivity index (χ1n) is 10.2. The van der Waals surface area contributed by atoms with Crippen LogP contribution in [0.1, 0.15) is 39.9 Å². The highest BCUT2D eigenvalue weighted by atomic mass is 35.5. The molecule has 3 heterocycles. The molecule has 33 heavy (non-hydrogen) atoms. The van der Waals surface area contributed by atoms with Crippen LogP contribution in [-0.2, 0) is 25.7 Å². The minimum atomic E-state index is -4.67. The number of fused-ring (bicyclic) bond motifs is 1. The normalized spacial score (nSPS) is 16.1. The first-order chi connectivity index (χ1) is 15.6. The number of halogens is 5. The predicted octanol–water partition coefficient (Wildman–Crippen LogP) is 4.88. The molecule has 0 bridgehead atoms. The highest BCUT2D eigenvalue weighted by molar-refractivity contribution is 6.34. The third-order valence-corrected chi connectivity index (χ3v) is 5.96. The summed E-state index contributed by atoms with van der Waals surface area (Å²) in [6.45, 7) is 3.17. The van der Waals surface area contributed by atoms with Gasteiger partial charge >= 0.3 is 6.18 Å². The quantitative estimate of drug-likeness (QED) is 0.498. The molecule has 1 aromatic carbocycles. The molecule has 1 aliphatic rings. The van der Waals surface area contributed by atoms with E-state index in [1.165, 1.54) is 21.7 Å². The lowest BCUT2D eigenvalue weighted by Gasteiger charge is -2.35. The SMILES string of the molecule is Cc1nc2c(c(-c3ccn(CCF)n3)n1)C[C@H](C)N(C(=O)c1cccc(C(F)(F)F)c1Cl)C2. The van der Waals surface area contributed by atoms with E-state index in [-0.39, 0.29) is 24.7 Å². The van der Waals surface area contributed by atoms with Gasteiger partial charge in [0, 0.05) is 17.8 Å². The summed E-state index contributed by atoms with van der Waals surface area (Å²) in [4.78, 5) is 23.7. The molecule has 1 atom stereocenters. The summed E-state index contributed by atoms with van der Waals surface area (Å²) in [6.07, 6.45) is -2.63. The summed E-state index contributed by atoms with van der Waals surface area (Å²) in [6, 6.07) is 4.69. The molecule has 1 amide bonds. The van der Waals surface area contributed by atoms with Crippen molar-refractivity contribution in [1.29, 1.82) is 0 Å². The molecule has 6 nitrogen and oxygen atoms in total. The number of carbonyl (C=O) groups is 1. The van der Waals surface area contributed by atoms with Gasteiger partial charge in [0.05, 0.1) is 40.6 Å². The molecule has 4 rings (SSSR count). The Morgan fingerprint density at radius 1 is 1.24 bits per heavy atom. The largest absolute Gasteiger partial charge is 0.417 e. The Balaban J connectivity index is 1.70. The number of nitrogens with zero attached hydrogens (tertiary/aromatic N) is 5. The van der Waals surface area contributed by atoms with Gasteiger partial charge in [0.25, 0.3) is 5.91 Å². The lowest BCUT2D eigenvalue weighted by molar-refractivity contribution is -0.137. The Morgan fingerprint density at radius 2 is 2.00 bits per heavy atom. The fourth-order valence-corrected chi connectivity index (χ4v) is 4.29. The van der Waals surface area contributed by atoms with Crippen molar-refractivity contribution in [1.82, 2.24) is 24.6 Å². The van der Waals surface area contributed by atoms with E-state index in [1.54, 1.807) is 26.1 Å². The number of benzene rings is 1. The van der Waals surface area contributed by atoms with E-state index in [4.69, 9.17) is 11.6 Å². The van der Waals surface area contributed by atoms with Crippen LogP contribution < -0.4 is 0 Å². The summed E-state index contributed by atoms with van der Waals surface area (Å²) >= 11 is 5.98. The standard InChI is InChI=1S/C22H20ClF4N5O/c1-12-10-15-18(28-13(2)29-20(15)17-6-8-31(30-17)9-7-24)11-32(12)21(33)14-4-3-5-16(19(14)23)22(25,26)27/h3-6,8,12H,7,9-11H2,1-2H3/t12-/m0/s1. The third kappa shape index (κ3) is 4.44. The van der Waals surface area contributed by atoms with E-state index in [0.29, 0.717) is 29.3 Å². The second-order valence-electron chi connectivity index (χ2n) is 7.85. The van der Waals surface area contributed by atoms with Crippen molar-refractivity contribution in [2.24, 2.45) is 0 Å². The van der Waals surface area contributed by atoms with Gasteiger partial charge in [-0.3, -0.25) is 9.48 Å². The van der Waals surface area contributed by atoms with Crippen LogP contribution in [0, 0.1) is 6.92 Å². The minimum absolute atomic E-state index is 0.0868. The smallest absolute Gasteiger partial charge is 0.330 e. The maximum absolute atomic E-state index is 13.3. The van der Waals surface area contributed by atoms with Gasteiger partial charge < -0.3 is 4.90 Å². The molecule has 2 aromatic heterocycles. The van der Waals surface area contributed by atoms with Crippen molar-refractivity contribution < 1.29 is 22.4 Å². The van der Waals surface area contributed by atoms with Gasteiger partial charge in [-0.1, -0.05) is 17.7 Å². The molecule has 0 saturated heterocycles. The number of aromatic nitrogens is 4. The van der Waals surface area contributed by atoms with Gasteiger partial charge in [0.1, 0.15) is 18.2 Å². The van der Waals surface area contributed by atoms with Crippen LogP contribution in [0.25, 0.3) is 11.4 Å². The highest BCUT2D eigenvalue weighted by Gasteiger charge is 2.37. The van der Waals surface area contributed by atoms with Gasteiger partial charge in [-0.15, -0.1) is 0 Å². The molecule has 0 radical (unpaired) electrons. The van der Waals surface area contributed by atoms with Crippen LogP contribution >= 0.6 is 11.6 Å². The molecule has 0 N–H and O–H groups in total. The predicted molar refractivity (Wildman–Crippen MR) is 113 cm³/mol. The molecule has 0 saturated carbocycles. The number of rotatable bonds is 4. The summed E-state index contributed by atoms with van der Waals surface area (Å²) in [7, 11) is 0. The molecule has 0 unspecified atom stereocenters. The van der Waals surface area contributed by atoms with Crippen molar-refractivity contribution in [3.8, 4) is 11.4 Å². The minimum Gasteiger partial charge on any atom is -0.330 e. The summed E-state index contributed by atoms with van der Waals surface area (Å²) in [5, 5.41) is 3.75. The van der Waals surface area contributed by atoms with Crippen LogP contribution in [0.15, 0.2) is 30.5 Å². The lowest BCUT2D eigenvalue weighted by atomic mass is 9.95. The molecular weight excluding hydrogens is 462 g/mol. The van der Waals surface area contributed by atoms with E-state index in [0.717, 1.165) is 11.6 Å². The summed E-state index contributed by atoms with van der Waals surface area (Å²) in [5.74, 6) is -0.142. The van der Waals surface area contributed by atoms with Gasteiger partial charge in [0.15, 0.2) is 0 Å². The van der Waals surface area contributed by atoms with Crippen LogP contribution in [0.5, 0.6) is 0 Å². The van der Waals surface area contributed by atoms with E-state index in [2.05, 4.69) is 15.1 Å². The summed E-state index contributed by atoms with van der Waals surface area (Å²) < 4.78 is 53.9. The lowest BCUT2D eigenvalue weighted by Crippen LogP contribution is -2.43. The van der Waals surface area contributed by atoms with Crippen molar-refractivity contribution in [3.05, 3.63) is 63.7 Å². The Morgan fingerprint density at radius 3 is 2.70 bits per heavy atom. The highest BCUT2D eigenvalue weighted by Crippen LogP contribution is 2.37. The summed E-state index contributed by atoms with van der Waals surface area (Å²) in [5.41, 5.74) is 1.30. The average molecular weight is 482 g/mol. The molecule has 1 aliphatic heterocycles. The second-order valence-corrected chi connectivity index (χ2v) is 8.23. The molecule has 0 fully saturated rings. The number of alkyl halides is 4. The van der Waals surface area contributed by atoms with Crippen molar-refractivity contribution >= 4 is 17.5 Å². The van der Waals surface area contributed by atoms with E-state index in [9.17, 15) is 22.4 Å². The van der Waals surface area contributed by atoms with Crippen LogP contribution in [-0.4, -0.2) is 43.3 Å². The van der Waals surface area contributed by atoms with Crippen LogP contribution in [0.2, 0.25) is 5.02 Å². The molecule has 11 heteroatoms. The third-order valence-electron chi connectivity index (χ3n) is 5.55. The Kier molecular flexibility index (Phi) is 6.13. The number of hydrogen-bond acceptors (Lipinski definition) is 4. The monoisotopic (exact) mass is 481 g/mol. The van der Waals surface area contributed by atoms with Crippen molar-refractivity contribution in [2.75, 3.05) is 6.67 Å². The number of amides is 1. The maximum Gasteiger partial charge on any atom is 0.417 e.